The van der Waals surface area contributed by atoms with E-state index in [0.29, 0.717) is 10.6 Å². The van der Waals surface area contributed by atoms with Crippen LogP contribution in [0.1, 0.15) is 15.9 Å². The highest BCUT2D eigenvalue weighted by Crippen LogP contribution is 2.09. The smallest absolute Gasteiger partial charge is 0.310 e. The minimum absolute atomic E-state index is 0.105. The van der Waals surface area contributed by atoms with Gasteiger partial charge in [-0.05, 0) is 46.7 Å². The molecule has 2 rings (SSSR count). The standard InChI is InChI=1S/C15H13ClN2O4S/c16-12-3-1-11(2-4-12)15(21)18-17-13(19)8-22-14(20)7-10-5-6-23-9-10/h1-6,9H,7-8H2,(H,17,19)(H,18,21). The van der Waals surface area contributed by atoms with Crippen LogP contribution in [0.15, 0.2) is 41.1 Å². The van der Waals surface area contributed by atoms with Gasteiger partial charge in [0.2, 0.25) is 0 Å². The van der Waals surface area contributed by atoms with Crippen molar-refractivity contribution in [2.75, 3.05) is 6.61 Å². The number of hydrazine groups is 1. The third-order valence-corrected chi connectivity index (χ3v) is 3.70. The number of rotatable bonds is 5. The largest absolute Gasteiger partial charge is 0.455 e. The van der Waals surface area contributed by atoms with Crippen molar-refractivity contribution in [1.82, 2.24) is 10.9 Å². The summed E-state index contributed by atoms with van der Waals surface area (Å²) in [6.07, 6.45) is 0.105. The lowest BCUT2D eigenvalue weighted by Crippen LogP contribution is -2.43. The second kappa shape index (κ2) is 8.30. The normalized spacial score (nSPS) is 9.96. The van der Waals surface area contributed by atoms with Gasteiger partial charge in [0.05, 0.1) is 6.42 Å². The molecule has 0 saturated carbocycles. The van der Waals surface area contributed by atoms with Gasteiger partial charge in [0, 0.05) is 10.6 Å². The van der Waals surface area contributed by atoms with Crippen molar-refractivity contribution in [2.45, 2.75) is 6.42 Å². The Bertz CT molecular complexity index is 686. The molecule has 2 aromatic rings. The maximum Gasteiger partial charge on any atom is 0.310 e. The lowest BCUT2D eigenvalue weighted by Gasteiger charge is -2.08. The number of amides is 2. The summed E-state index contributed by atoms with van der Waals surface area (Å²) in [7, 11) is 0. The molecule has 8 heteroatoms. The summed E-state index contributed by atoms with van der Waals surface area (Å²) < 4.78 is 4.82. The lowest BCUT2D eigenvalue weighted by molar-refractivity contribution is -0.148. The number of thiophene rings is 1. The number of esters is 1. The van der Waals surface area contributed by atoms with Crippen LogP contribution in [-0.4, -0.2) is 24.4 Å². The molecule has 1 aromatic heterocycles. The SMILES string of the molecule is O=C(COC(=O)Cc1ccsc1)NNC(=O)c1ccc(Cl)cc1. The molecule has 1 aromatic carbocycles. The number of benzene rings is 1. The first-order chi connectivity index (χ1) is 11.0. The van der Waals surface area contributed by atoms with Gasteiger partial charge in [-0.3, -0.25) is 25.2 Å². The highest BCUT2D eigenvalue weighted by atomic mass is 35.5. The zero-order valence-corrected chi connectivity index (χ0v) is 13.4. The highest BCUT2D eigenvalue weighted by molar-refractivity contribution is 7.08. The van der Waals surface area contributed by atoms with Crippen LogP contribution in [-0.2, 0) is 20.7 Å². The Labute approximate surface area is 141 Å². The summed E-state index contributed by atoms with van der Waals surface area (Å²) in [4.78, 5) is 34.8. The van der Waals surface area contributed by atoms with Crippen molar-refractivity contribution in [1.29, 1.82) is 0 Å². The van der Waals surface area contributed by atoms with Crippen LogP contribution >= 0.6 is 22.9 Å². The number of carbonyl (C=O) groups excluding carboxylic acids is 3. The Morgan fingerprint density at radius 1 is 1.09 bits per heavy atom. The van der Waals surface area contributed by atoms with Crippen molar-refractivity contribution in [3.05, 3.63) is 57.2 Å². The van der Waals surface area contributed by atoms with Crippen molar-refractivity contribution in [3.63, 3.8) is 0 Å². The molecule has 0 spiro atoms. The van der Waals surface area contributed by atoms with E-state index in [1.54, 1.807) is 18.2 Å². The van der Waals surface area contributed by atoms with Gasteiger partial charge < -0.3 is 4.74 Å². The molecule has 0 aliphatic carbocycles. The topological polar surface area (TPSA) is 84.5 Å². The summed E-state index contributed by atoms with van der Waals surface area (Å²) in [5.41, 5.74) is 5.55. The molecule has 0 saturated heterocycles. The van der Waals surface area contributed by atoms with Gasteiger partial charge in [0.1, 0.15) is 0 Å². The summed E-state index contributed by atoms with van der Waals surface area (Å²) in [6, 6.07) is 7.96. The van der Waals surface area contributed by atoms with Crippen LogP contribution < -0.4 is 10.9 Å². The predicted octanol–water partition coefficient (Wildman–Crippen LogP) is 1.95. The maximum absolute atomic E-state index is 11.7. The molecule has 120 valence electrons. The van der Waals surface area contributed by atoms with Gasteiger partial charge >= 0.3 is 5.97 Å². The van der Waals surface area contributed by atoms with E-state index in [1.807, 2.05) is 10.8 Å². The van der Waals surface area contributed by atoms with Crippen molar-refractivity contribution >= 4 is 40.7 Å². The molecule has 0 unspecified atom stereocenters. The van der Waals surface area contributed by atoms with Gasteiger partial charge in [-0.1, -0.05) is 11.6 Å². The maximum atomic E-state index is 11.7. The molecule has 0 aliphatic rings. The van der Waals surface area contributed by atoms with E-state index in [0.717, 1.165) is 5.56 Å². The van der Waals surface area contributed by atoms with Crippen LogP contribution in [0.4, 0.5) is 0 Å². The Kier molecular flexibility index (Phi) is 6.13. The molecule has 1 heterocycles. The number of hydrogen-bond acceptors (Lipinski definition) is 5. The fourth-order valence-corrected chi connectivity index (χ4v) is 2.39. The highest BCUT2D eigenvalue weighted by Gasteiger charge is 2.10. The van der Waals surface area contributed by atoms with Crippen molar-refractivity contribution < 1.29 is 19.1 Å². The van der Waals surface area contributed by atoms with E-state index in [4.69, 9.17) is 16.3 Å². The molecular formula is C15H13ClN2O4S. The summed E-state index contributed by atoms with van der Waals surface area (Å²) in [5.74, 6) is -1.65. The molecule has 2 N–H and O–H groups in total. The van der Waals surface area contributed by atoms with Gasteiger partial charge in [-0.15, -0.1) is 0 Å². The van der Waals surface area contributed by atoms with Gasteiger partial charge in [-0.25, -0.2) is 0 Å². The fourth-order valence-electron chi connectivity index (χ4n) is 1.59. The Balaban J connectivity index is 1.69. The first kappa shape index (κ1) is 17.0. The van der Waals surface area contributed by atoms with E-state index in [1.165, 1.54) is 23.5 Å². The molecule has 0 aliphatic heterocycles. The molecule has 6 nitrogen and oxygen atoms in total. The second-order valence-corrected chi connectivity index (χ2v) is 5.69. The number of carbonyl (C=O) groups is 3. The van der Waals surface area contributed by atoms with E-state index in [2.05, 4.69) is 10.9 Å². The van der Waals surface area contributed by atoms with Gasteiger partial charge in [0.25, 0.3) is 11.8 Å². The minimum Gasteiger partial charge on any atom is -0.455 e. The monoisotopic (exact) mass is 352 g/mol. The van der Waals surface area contributed by atoms with Crippen LogP contribution in [0.25, 0.3) is 0 Å². The van der Waals surface area contributed by atoms with Crippen LogP contribution in [0.2, 0.25) is 5.02 Å². The number of halogens is 1. The Morgan fingerprint density at radius 2 is 1.83 bits per heavy atom. The number of hydrogen-bond donors (Lipinski definition) is 2. The van der Waals surface area contributed by atoms with Crippen LogP contribution in [0.5, 0.6) is 0 Å². The third kappa shape index (κ3) is 5.72. The average Bonchev–Trinajstić information content (AvgIpc) is 3.04. The molecule has 0 fully saturated rings. The van der Waals surface area contributed by atoms with E-state index in [-0.39, 0.29) is 6.42 Å². The predicted molar refractivity (Wildman–Crippen MR) is 86.0 cm³/mol. The van der Waals surface area contributed by atoms with Gasteiger partial charge in [-0.2, -0.15) is 11.3 Å². The molecule has 23 heavy (non-hydrogen) atoms. The van der Waals surface area contributed by atoms with Crippen LogP contribution in [0, 0.1) is 0 Å². The molecule has 0 atom stereocenters. The average molecular weight is 353 g/mol. The molecule has 0 bridgehead atoms. The van der Waals surface area contributed by atoms with Crippen LogP contribution in [0.3, 0.4) is 0 Å². The fraction of sp³-hybridized carbons (Fsp3) is 0.133. The first-order valence-electron chi connectivity index (χ1n) is 6.56. The van der Waals surface area contributed by atoms with Gasteiger partial charge in [0.15, 0.2) is 6.61 Å². The summed E-state index contributed by atoms with van der Waals surface area (Å²) >= 11 is 7.19. The van der Waals surface area contributed by atoms with Crippen molar-refractivity contribution in [2.24, 2.45) is 0 Å². The Hall–Kier alpha value is -2.38. The minimum atomic E-state index is -0.633. The molecular weight excluding hydrogens is 340 g/mol. The molecule has 0 radical (unpaired) electrons. The first-order valence-corrected chi connectivity index (χ1v) is 7.88. The summed E-state index contributed by atoms with van der Waals surface area (Å²) in [6.45, 7) is -0.468. The second-order valence-electron chi connectivity index (χ2n) is 4.48. The number of ether oxygens (including phenoxy) is 1. The third-order valence-electron chi connectivity index (χ3n) is 2.71. The lowest BCUT2D eigenvalue weighted by atomic mass is 10.2. The zero-order chi connectivity index (χ0) is 16.7. The number of nitrogens with one attached hydrogen (secondary N) is 2. The van der Waals surface area contributed by atoms with Crippen molar-refractivity contribution in [3.8, 4) is 0 Å². The van der Waals surface area contributed by atoms with E-state index in [9.17, 15) is 14.4 Å². The Morgan fingerprint density at radius 3 is 2.48 bits per heavy atom. The van der Waals surface area contributed by atoms with E-state index >= 15 is 0 Å². The molecule has 2 amide bonds. The van der Waals surface area contributed by atoms with E-state index < -0.39 is 24.4 Å². The summed E-state index contributed by atoms with van der Waals surface area (Å²) in [5, 5.41) is 4.18. The zero-order valence-electron chi connectivity index (χ0n) is 11.9. The quantitative estimate of drug-likeness (QED) is 0.636.